The predicted molar refractivity (Wildman–Crippen MR) is 120 cm³/mol. The van der Waals surface area contributed by atoms with Gasteiger partial charge in [0.15, 0.2) is 0 Å². The van der Waals surface area contributed by atoms with Gasteiger partial charge in [0.25, 0.3) is 11.7 Å². The Kier molecular flexibility index (Phi) is 4.82. The molecule has 1 unspecified atom stereocenters. The Bertz CT molecular complexity index is 1410. The van der Waals surface area contributed by atoms with Crippen molar-refractivity contribution in [2.45, 2.75) is 12.5 Å². The second-order valence-electron chi connectivity index (χ2n) is 7.67. The molecule has 1 atom stereocenters. The molecule has 1 saturated heterocycles. The summed E-state index contributed by atoms with van der Waals surface area (Å²) in [5.74, 6) is -2.63. The molecule has 0 bridgehead atoms. The number of hydrogen-bond donors (Lipinski definition) is 3. The molecule has 4 aromatic rings. The highest BCUT2D eigenvalue weighted by molar-refractivity contribution is 6.51. The number of aliphatic hydroxyl groups excluding tert-OH is 1. The number of H-pyrrole nitrogens is 1. The van der Waals surface area contributed by atoms with Crippen LogP contribution >= 0.6 is 0 Å². The number of carbonyl (C=O) groups excluding carboxylic acids is 2. The van der Waals surface area contributed by atoms with Gasteiger partial charge in [-0.25, -0.2) is 0 Å². The van der Waals surface area contributed by atoms with E-state index in [1.54, 1.807) is 48.7 Å². The summed E-state index contributed by atoms with van der Waals surface area (Å²) in [5.41, 5.74) is 2.02. The highest BCUT2D eigenvalue weighted by Gasteiger charge is 2.48. The molecule has 0 saturated carbocycles. The second kappa shape index (κ2) is 7.83. The van der Waals surface area contributed by atoms with Crippen LogP contribution in [0.2, 0.25) is 0 Å². The van der Waals surface area contributed by atoms with Gasteiger partial charge in [-0.3, -0.25) is 19.3 Å². The number of nitrogens with one attached hydrogen (secondary N) is 1. The second-order valence-corrected chi connectivity index (χ2v) is 7.67. The highest BCUT2D eigenvalue weighted by atomic mass is 16.4. The van der Waals surface area contributed by atoms with Crippen molar-refractivity contribution >= 4 is 40.0 Å². The summed E-state index contributed by atoms with van der Waals surface area (Å²) in [6, 6.07) is 15.9. The van der Waals surface area contributed by atoms with Crippen LogP contribution in [0.3, 0.4) is 0 Å². The van der Waals surface area contributed by atoms with Gasteiger partial charge in [0.05, 0.1) is 18.3 Å². The number of Topliss-reactive ketones (excluding diaryl/α,β-unsaturated/α-hetero) is 1. The molecule has 1 aliphatic heterocycles. The van der Waals surface area contributed by atoms with Crippen molar-refractivity contribution in [2.24, 2.45) is 0 Å². The number of furan rings is 1. The van der Waals surface area contributed by atoms with E-state index in [2.05, 4.69) is 4.98 Å². The maximum atomic E-state index is 13.1. The van der Waals surface area contributed by atoms with Gasteiger partial charge in [-0.1, -0.05) is 30.3 Å². The summed E-state index contributed by atoms with van der Waals surface area (Å²) in [4.78, 5) is 41.5. The number of benzene rings is 2. The number of anilines is 1. The van der Waals surface area contributed by atoms with Crippen molar-refractivity contribution in [1.29, 1.82) is 0 Å². The zero-order chi connectivity index (χ0) is 23.1. The van der Waals surface area contributed by atoms with Gasteiger partial charge in [-0.05, 0) is 35.9 Å². The summed E-state index contributed by atoms with van der Waals surface area (Å²) in [6.45, 7) is 0. The largest absolute Gasteiger partial charge is 0.507 e. The fourth-order valence-corrected chi connectivity index (χ4v) is 4.18. The minimum absolute atomic E-state index is 0.0886. The van der Waals surface area contributed by atoms with E-state index in [0.29, 0.717) is 28.0 Å². The van der Waals surface area contributed by atoms with Crippen LogP contribution in [0, 0.1) is 0 Å². The van der Waals surface area contributed by atoms with E-state index in [1.165, 1.54) is 11.2 Å². The van der Waals surface area contributed by atoms with E-state index >= 15 is 0 Å². The number of carboxylic acid groups (broad SMARTS) is 1. The Labute approximate surface area is 187 Å². The molecular formula is C25H18N2O6. The molecule has 1 amide bonds. The maximum absolute atomic E-state index is 13.1. The van der Waals surface area contributed by atoms with Crippen molar-refractivity contribution in [3.63, 3.8) is 0 Å². The molecule has 33 heavy (non-hydrogen) atoms. The van der Waals surface area contributed by atoms with Crippen LogP contribution in [-0.4, -0.2) is 32.9 Å². The summed E-state index contributed by atoms with van der Waals surface area (Å²) >= 11 is 0. The third kappa shape index (κ3) is 3.38. The van der Waals surface area contributed by atoms with Crippen molar-refractivity contribution in [3.05, 3.63) is 95.6 Å². The minimum Gasteiger partial charge on any atom is -0.507 e. The Hall–Kier alpha value is -4.59. The molecule has 0 spiro atoms. The normalized spacial score (nSPS) is 17.7. The molecule has 2 aromatic heterocycles. The number of fused-ring (bicyclic) bond motifs is 1. The third-order valence-corrected chi connectivity index (χ3v) is 5.67. The van der Waals surface area contributed by atoms with Crippen LogP contribution < -0.4 is 4.90 Å². The van der Waals surface area contributed by atoms with Crippen LogP contribution in [0.25, 0.3) is 16.7 Å². The van der Waals surface area contributed by atoms with E-state index in [0.717, 1.165) is 5.52 Å². The lowest BCUT2D eigenvalue weighted by Gasteiger charge is -2.23. The van der Waals surface area contributed by atoms with Gasteiger partial charge >= 0.3 is 5.97 Å². The third-order valence-electron chi connectivity index (χ3n) is 5.67. The number of aliphatic carboxylic acids is 1. The van der Waals surface area contributed by atoms with Crippen molar-refractivity contribution in [3.8, 4) is 0 Å². The molecule has 1 aliphatic rings. The lowest BCUT2D eigenvalue weighted by molar-refractivity contribution is -0.136. The van der Waals surface area contributed by atoms with Gasteiger partial charge in [0.2, 0.25) is 0 Å². The topological polar surface area (TPSA) is 124 Å². The molecule has 3 N–H and O–H groups in total. The SMILES string of the molecule is O=C(O)Cc1ccc(N2C(=O)C(=O)/C(=C(\O)c3c[nH]c4ccccc34)C2c2ccco2)cc1. The van der Waals surface area contributed by atoms with E-state index < -0.39 is 23.7 Å². The van der Waals surface area contributed by atoms with Crippen molar-refractivity contribution < 1.29 is 29.0 Å². The number of aromatic amines is 1. The molecule has 8 nitrogen and oxygen atoms in total. The lowest BCUT2D eigenvalue weighted by atomic mass is 9.99. The molecule has 164 valence electrons. The molecule has 0 radical (unpaired) electrons. The maximum Gasteiger partial charge on any atom is 0.307 e. The Balaban J connectivity index is 1.66. The molecule has 8 heteroatoms. The summed E-state index contributed by atoms with van der Waals surface area (Å²) in [7, 11) is 0. The van der Waals surface area contributed by atoms with Gasteiger partial charge in [-0.2, -0.15) is 0 Å². The van der Waals surface area contributed by atoms with Crippen LogP contribution in [0.1, 0.15) is 22.9 Å². The number of aliphatic hydroxyl groups is 1. The Morgan fingerprint density at radius 1 is 1.00 bits per heavy atom. The first-order valence-corrected chi connectivity index (χ1v) is 10.2. The van der Waals surface area contributed by atoms with Crippen molar-refractivity contribution in [1.82, 2.24) is 4.98 Å². The number of nitrogens with zero attached hydrogens (tertiary/aromatic N) is 1. The Morgan fingerprint density at radius 2 is 1.76 bits per heavy atom. The average Bonchev–Trinajstić information content (AvgIpc) is 3.53. The number of amides is 1. The number of carboxylic acids is 1. The summed E-state index contributed by atoms with van der Waals surface area (Å²) < 4.78 is 5.55. The molecule has 1 fully saturated rings. The molecular weight excluding hydrogens is 424 g/mol. The summed E-state index contributed by atoms with van der Waals surface area (Å²) in [6.07, 6.45) is 2.85. The van der Waals surface area contributed by atoms with Gasteiger partial charge in [0, 0.05) is 28.4 Å². The first-order chi connectivity index (χ1) is 16.0. The average molecular weight is 442 g/mol. The number of rotatable bonds is 5. The van der Waals surface area contributed by atoms with E-state index in [1.807, 2.05) is 18.2 Å². The number of ketones is 1. The zero-order valence-electron chi connectivity index (χ0n) is 17.2. The van der Waals surface area contributed by atoms with Gasteiger partial charge < -0.3 is 19.6 Å². The van der Waals surface area contributed by atoms with Crippen LogP contribution in [-0.2, 0) is 20.8 Å². The minimum atomic E-state index is -0.987. The smallest absolute Gasteiger partial charge is 0.307 e. The van der Waals surface area contributed by atoms with Crippen LogP contribution in [0.15, 0.2) is 83.1 Å². The van der Waals surface area contributed by atoms with Crippen LogP contribution in [0.5, 0.6) is 0 Å². The first-order valence-electron chi connectivity index (χ1n) is 10.2. The van der Waals surface area contributed by atoms with Crippen LogP contribution in [0.4, 0.5) is 5.69 Å². The fraction of sp³-hybridized carbons (Fsp3) is 0.0800. The zero-order valence-corrected chi connectivity index (χ0v) is 17.2. The first kappa shape index (κ1) is 20.3. The summed E-state index contributed by atoms with van der Waals surface area (Å²) in [5, 5.41) is 20.9. The predicted octanol–water partition coefficient (Wildman–Crippen LogP) is 4.01. The van der Waals surface area contributed by atoms with E-state index in [-0.39, 0.29) is 17.8 Å². The highest BCUT2D eigenvalue weighted by Crippen LogP contribution is 2.43. The number of para-hydroxylation sites is 1. The molecule has 3 heterocycles. The Morgan fingerprint density at radius 3 is 2.45 bits per heavy atom. The number of aromatic nitrogens is 1. The number of carbonyl (C=O) groups is 3. The van der Waals surface area contributed by atoms with E-state index in [9.17, 15) is 19.5 Å². The van der Waals surface area contributed by atoms with Gasteiger partial charge in [-0.15, -0.1) is 0 Å². The monoisotopic (exact) mass is 442 g/mol. The van der Waals surface area contributed by atoms with Crippen molar-refractivity contribution in [2.75, 3.05) is 4.90 Å². The lowest BCUT2D eigenvalue weighted by Crippen LogP contribution is -2.29. The molecule has 2 aromatic carbocycles. The fourth-order valence-electron chi connectivity index (χ4n) is 4.18. The molecule has 5 rings (SSSR count). The quantitative estimate of drug-likeness (QED) is 0.244. The van der Waals surface area contributed by atoms with E-state index in [4.69, 9.17) is 9.52 Å². The van der Waals surface area contributed by atoms with Gasteiger partial charge in [0.1, 0.15) is 17.6 Å². The standard InChI is InChI=1S/C25H18N2O6/c28-20(29)12-14-7-9-15(10-8-14)27-22(19-6-3-11-33-19)21(24(31)25(27)32)23(30)17-13-26-18-5-2-1-4-16(17)18/h1-11,13,22,26,30H,12H2,(H,28,29)/b23-21-. The number of hydrogen-bond acceptors (Lipinski definition) is 5. The molecule has 0 aliphatic carbocycles.